The van der Waals surface area contributed by atoms with Gasteiger partial charge in [-0.15, -0.1) is 11.6 Å². The Morgan fingerprint density at radius 1 is 1.48 bits per heavy atom. The van der Waals surface area contributed by atoms with E-state index in [9.17, 15) is 4.79 Å². The molecule has 119 valence electrons. The smallest absolute Gasteiger partial charge is 0.254 e. The van der Waals surface area contributed by atoms with Crippen molar-refractivity contribution in [1.82, 2.24) is 10.3 Å². The zero-order valence-electron chi connectivity index (χ0n) is 12.0. The second-order valence-corrected chi connectivity index (χ2v) is 8.35. The van der Waals surface area contributed by atoms with E-state index in [1.165, 1.54) is 11.8 Å². The van der Waals surface area contributed by atoms with Crippen LogP contribution >= 0.6 is 35.0 Å². The first kappa shape index (κ1) is 15.4. The van der Waals surface area contributed by atoms with Crippen molar-refractivity contribution < 1.29 is 4.79 Å². The number of carbonyl (C=O) groups excluding carboxylic acids is 1. The Balaban J connectivity index is 1.53. The Morgan fingerprint density at radius 2 is 2.26 bits per heavy atom. The van der Waals surface area contributed by atoms with E-state index in [4.69, 9.17) is 28.9 Å². The molecule has 0 fully saturated rings. The lowest BCUT2D eigenvalue weighted by Crippen LogP contribution is -2.48. The molecule has 0 spiro atoms. The van der Waals surface area contributed by atoms with E-state index in [0.717, 1.165) is 21.7 Å². The van der Waals surface area contributed by atoms with E-state index in [2.05, 4.69) is 16.5 Å². The zero-order chi connectivity index (χ0) is 16.2. The quantitative estimate of drug-likeness (QED) is 0.715. The molecule has 4 rings (SSSR count). The molecular formula is C16H14Cl2N3OS. The lowest BCUT2D eigenvalue weighted by molar-refractivity contribution is -0.122. The maximum Gasteiger partial charge on any atom is 0.254 e. The molecule has 2 unspecified atom stereocenters. The molecule has 4 atom stereocenters. The number of alkyl halides is 2. The van der Waals surface area contributed by atoms with Gasteiger partial charge in [0.2, 0.25) is 0 Å². The summed E-state index contributed by atoms with van der Waals surface area (Å²) in [6, 6.07) is 9.31. The number of hydrogen-bond acceptors (Lipinski definition) is 3. The molecule has 2 aliphatic rings. The van der Waals surface area contributed by atoms with Crippen LogP contribution in [0.2, 0.25) is 0 Å². The Kier molecular flexibility index (Phi) is 3.65. The second kappa shape index (κ2) is 5.45. The number of nitrogens with one attached hydrogen (secondary N) is 2. The van der Waals surface area contributed by atoms with Gasteiger partial charge >= 0.3 is 0 Å². The van der Waals surface area contributed by atoms with E-state index < -0.39 is 9.58 Å². The summed E-state index contributed by atoms with van der Waals surface area (Å²) in [6.45, 7) is 0. The Morgan fingerprint density at radius 3 is 3.00 bits per heavy atom. The molecule has 2 heterocycles. The Labute approximate surface area is 148 Å². The van der Waals surface area contributed by atoms with Gasteiger partial charge < -0.3 is 16.0 Å². The molecule has 2 aromatic rings. The van der Waals surface area contributed by atoms with Gasteiger partial charge in [0, 0.05) is 4.90 Å². The summed E-state index contributed by atoms with van der Waals surface area (Å²) in [4.78, 5) is 16.6. The summed E-state index contributed by atoms with van der Waals surface area (Å²) in [5.41, 5.74) is 9.24. The average molecular weight is 367 g/mol. The average Bonchev–Trinajstić information content (AvgIpc) is 3.18. The normalized spacial score (nSPS) is 31.7. The van der Waals surface area contributed by atoms with Crippen molar-refractivity contribution >= 4 is 40.9 Å². The molecular weight excluding hydrogens is 353 g/mol. The van der Waals surface area contributed by atoms with Crippen LogP contribution in [0.3, 0.4) is 0 Å². The predicted octanol–water partition coefficient (Wildman–Crippen LogP) is 2.88. The van der Waals surface area contributed by atoms with Crippen molar-refractivity contribution in [2.45, 2.75) is 33.0 Å². The van der Waals surface area contributed by atoms with Gasteiger partial charge in [-0.05, 0) is 23.6 Å². The molecule has 1 radical (unpaired) electrons. The van der Waals surface area contributed by atoms with E-state index in [-0.39, 0.29) is 18.0 Å². The topological polar surface area (TPSA) is 70.9 Å². The third-order valence-electron chi connectivity index (χ3n) is 4.43. The van der Waals surface area contributed by atoms with E-state index in [0.29, 0.717) is 6.42 Å². The van der Waals surface area contributed by atoms with Crippen LogP contribution in [-0.4, -0.2) is 21.1 Å². The third-order valence-corrected chi connectivity index (χ3v) is 7.11. The molecule has 0 bridgehead atoms. The van der Waals surface area contributed by atoms with Gasteiger partial charge in [0.25, 0.3) is 5.91 Å². The molecule has 1 aromatic carbocycles. The lowest BCUT2D eigenvalue weighted by atomic mass is 10.1. The summed E-state index contributed by atoms with van der Waals surface area (Å²) in [5.74, 6) is -0.304. The minimum Gasteiger partial charge on any atom is -0.355 e. The lowest BCUT2D eigenvalue weighted by Gasteiger charge is -2.27. The van der Waals surface area contributed by atoms with E-state index in [1.807, 2.05) is 24.3 Å². The minimum atomic E-state index is -1.27. The van der Waals surface area contributed by atoms with Crippen LogP contribution < -0.4 is 11.1 Å². The Bertz CT molecular complexity index is 780. The first-order chi connectivity index (χ1) is 11.0. The van der Waals surface area contributed by atoms with Gasteiger partial charge in [-0.25, -0.2) is 0 Å². The van der Waals surface area contributed by atoms with E-state index >= 15 is 0 Å². The molecule has 4 N–H and O–H groups in total. The molecule has 1 aliphatic carbocycles. The molecule has 23 heavy (non-hydrogen) atoms. The summed E-state index contributed by atoms with van der Waals surface area (Å²) in [5, 5.41) is 2.34. The number of nitrogens with two attached hydrogens (primary N) is 1. The summed E-state index contributed by atoms with van der Waals surface area (Å²) < 4.78 is -1.27. The van der Waals surface area contributed by atoms with Crippen molar-refractivity contribution in [3.05, 3.63) is 53.3 Å². The molecule has 4 nitrogen and oxygen atoms in total. The fraction of sp³-hybridized carbons (Fsp3) is 0.312. The van der Waals surface area contributed by atoms with Crippen LogP contribution in [0.5, 0.6) is 0 Å². The van der Waals surface area contributed by atoms with Crippen molar-refractivity contribution in [2.75, 3.05) is 0 Å². The van der Waals surface area contributed by atoms with Gasteiger partial charge in [-0.3, -0.25) is 4.79 Å². The van der Waals surface area contributed by atoms with Gasteiger partial charge in [0.15, 0.2) is 4.21 Å². The van der Waals surface area contributed by atoms with Crippen molar-refractivity contribution in [1.29, 1.82) is 0 Å². The predicted molar refractivity (Wildman–Crippen MR) is 91.7 cm³/mol. The van der Waals surface area contributed by atoms with Crippen LogP contribution in [0.25, 0.3) is 0 Å². The molecule has 1 amide bonds. The van der Waals surface area contributed by atoms with Crippen molar-refractivity contribution in [3.8, 4) is 0 Å². The summed E-state index contributed by atoms with van der Waals surface area (Å²) in [7, 11) is 0. The maximum atomic E-state index is 12.8. The van der Waals surface area contributed by atoms with Crippen molar-refractivity contribution in [3.63, 3.8) is 0 Å². The van der Waals surface area contributed by atoms with Crippen LogP contribution in [0, 0.1) is 6.20 Å². The molecule has 0 saturated heterocycles. The van der Waals surface area contributed by atoms with Gasteiger partial charge in [0.05, 0.1) is 24.0 Å². The minimum absolute atomic E-state index is 0.175. The van der Waals surface area contributed by atoms with E-state index in [1.54, 1.807) is 6.07 Å². The molecule has 0 saturated carbocycles. The number of aromatic amines is 1. The SMILES string of the molecule is N[C@H]1c2ccccc2C[C@H]1NC(=O)C1(Cl)Sc2c[c][nH]c2C1Cl. The van der Waals surface area contributed by atoms with Gasteiger partial charge in [0.1, 0.15) is 5.38 Å². The fourth-order valence-electron chi connectivity index (χ4n) is 3.18. The van der Waals surface area contributed by atoms with Crippen molar-refractivity contribution in [2.24, 2.45) is 5.73 Å². The zero-order valence-corrected chi connectivity index (χ0v) is 14.3. The number of thioether (sulfide) groups is 1. The highest BCUT2D eigenvalue weighted by atomic mass is 35.5. The number of rotatable bonds is 2. The number of amides is 1. The Hall–Kier alpha value is -1.14. The molecule has 1 aromatic heterocycles. The number of halogens is 2. The first-order valence-electron chi connectivity index (χ1n) is 7.26. The van der Waals surface area contributed by atoms with Gasteiger partial charge in [-0.1, -0.05) is 47.6 Å². The number of fused-ring (bicyclic) bond motifs is 2. The monoisotopic (exact) mass is 366 g/mol. The number of carbonyl (C=O) groups is 1. The van der Waals surface area contributed by atoms with Gasteiger partial charge in [-0.2, -0.15) is 0 Å². The highest BCUT2D eigenvalue weighted by molar-refractivity contribution is 8.03. The highest BCUT2D eigenvalue weighted by Gasteiger charge is 2.52. The largest absolute Gasteiger partial charge is 0.355 e. The summed E-state index contributed by atoms with van der Waals surface area (Å²) >= 11 is 14.2. The van der Waals surface area contributed by atoms with Crippen LogP contribution in [-0.2, 0) is 11.2 Å². The van der Waals surface area contributed by atoms with Crippen LogP contribution in [0.4, 0.5) is 0 Å². The second-order valence-electron chi connectivity index (χ2n) is 5.81. The fourth-order valence-corrected chi connectivity index (χ4v) is 5.16. The van der Waals surface area contributed by atoms with Crippen LogP contribution in [0.1, 0.15) is 28.2 Å². The number of benzene rings is 1. The number of aromatic nitrogens is 1. The standard InChI is InChI=1S/C16H14Cl2N3OS/c17-14-13-11(5-6-20-13)23-16(14,18)15(22)21-10-7-8-3-1-2-4-9(8)12(10)19/h1-5,10,12,14,20H,7,19H2,(H,21,22)/t10-,12+,14?,16?/m1/s1. The van der Waals surface area contributed by atoms with Crippen LogP contribution in [0.15, 0.2) is 35.2 Å². The molecule has 7 heteroatoms. The third kappa shape index (κ3) is 2.30. The molecule has 1 aliphatic heterocycles. The number of hydrogen-bond donors (Lipinski definition) is 3. The number of H-pyrrole nitrogens is 1. The maximum absolute atomic E-state index is 12.8. The highest BCUT2D eigenvalue weighted by Crippen LogP contribution is 2.57. The first-order valence-corrected chi connectivity index (χ1v) is 8.89. The summed E-state index contributed by atoms with van der Waals surface area (Å²) in [6.07, 6.45) is 3.56.